The molecule has 2 N–H and O–H groups in total. The molecule has 2 aromatic carbocycles. The summed E-state index contributed by atoms with van der Waals surface area (Å²) in [5, 5.41) is 6.44. The second-order valence-electron chi connectivity index (χ2n) is 5.61. The Labute approximate surface area is 154 Å². The lowest BCUT2D eigenvalue weighted by Crippen LogP contribution is -2.02. The van der Waals surface area contributed by atoms with Gasteiger partial charge in [0.15, 0.2) is 5.78 Å². The Morgan fingerprint density at radius 2 is 1.72 bits per heavy atom. The topological polar surface area (TPSA) is 66.9 Å². The van der Waals surface area contributed by atoms with E-state index in [9.17, 15) is 4.79 Å². The van der Waals surface area contributed by atoms with Crippen LogP contribution >= 0.6 is 15.9 Å². The van der Waals surface area contributed by atoms with E-state index < -0.39 is 0 Å². The molecule has 0 amide bonds. The molecule has 0 saturated heterocycles. The molecule has 3 rings (SSSR count). The summed E-state index contributed by atoms with van der Waals surface area (Å²) in [6.07, 6.45) is 0. The van der Waals surface area contributed by atoms with Crippen LogP contribution in [0.5, 0.6) is 0 Å². The van der Waals surface area contributed by atoms with Gasteiger partial charge >= 0.3 is 0 Å². The third kappa shape index (κ3) is 4.64. The van der Waals surface area contributed by atoms with Gasteiger partial charge < -0.3 is 10.6 Å². The highest BCUT2D eigenvalue weighted by atomic mass is 79.9. The van der Waals surface area contributed by atoms with E-state index in [1.807, 2.05) is 49.4 Å². The average molecular weight is 397 g/mol. The minimum absolute atomic E-state index is 0.0406. The number of carbonyl (C=O) groups is 1. The third-order valence-corrected chi connectivity index (χ3v) is 3.99. The molecule has 6 heteroatoms. The molecular weight excluding hydrogens is 380 g/mol. The lowest BCUT2D eigenvalue weighted by atomic mass is 10.1. The van der Waals surface area contributed by atoms with E-state index >= 15 is 0 Å². The number of carbonyl (C=O) groups excluding carboxylic acids is 1. The molecule has 25 heavy (non-hydrogen) atoms. The van der Waals surface area contributed by atoms with Gasteiger partial charge in [0.2, 0.25) is 5.95 Å². The van der Waals surface area contributed by atoms with Gasteiger partial charge in [-0.1, -0.05) is 22.0 Å². The summed E-state index contributed by atoms with van der Waals surface area (Å²) < 4.78 is 0.993. The van der Waals surface area contributed by atoms with E-state index in [1.165, 1.54) is 0 Å². The number of benzene rings is 2. The summed E-state index contributed by atoms with van der Waals surface area (Å²) in [7, 11) is 0. The van der Waals surface area contributed by atoms with Crippen LogP contribution in [0, 0.1) is 6.92 Å². The fourth-order valence-corrected chi connectivity index (χ4v) is 2.72. The van der Waals surface area contributed by atoms with Crippen molar-refractivity contribution in [3.8, 4) is 0 Å². The highest BCUT2D eigenvalue weighted by Crippen LogP contribution is 2.21. The lowest BCUT2D eigenvalue weighted by molar-refractivity contribution is 0.101. The molecule has 0 aliphatic carbocycles. The molecule has 0 saturated carbocycles. The highest BCUT2D eigenvalue weighted by Gasteiger charge is 2.05. The molecule has 1 heterocycles. The zero-order valence-corrected chi connectivity index (χ0v) is 15.5. The van der Waals surface area contributed by atoms with Gasteiger partial charge in [0.25, 0.3) is 0 Å². The molecule has 0 bridgehead atoms. The van der Waals surface area contributed by atoms with E-state index in [2.05, 4.69) is 36.5 Å². The summed E-state index contributed by atoms with van der Waals surface area (Å²) in [5.41, 5.74) is 3.27. The number of rotatable bonds is 5. The number of Topliss-reactive ketones (excluding diaryl/α,β-unsaturated/α-hetero) is 1. The van der Waals surface area contributed by atoms with Crippen molar-refractivity contribution < 1.29 is 4.79 Å². The molecule has 0 unspecified atom stereocenters. The Hall–Kier alpha value is -2.73. The van der Waals surface area contributed by atoms with Gasteiger partial charge in [0.1, 0.15) is 5.82 Å². The van der Waals surface area contributed by atoms with E-state index in [1.54, 1.807) is 19.1 Å². The molecule has 0 aliphatic rings. The molecule has 0 atom stereocenters. The second-order valence-corrected chi connectivity index (χ2v) is 6.53. The number of aryl methyl sites for hydroxylation is 1. The normalized spacial score (nSPS) is 10.4. The molecule has 0 aliphatic heterocycles. The van der Waals surface area contributed by atoms with Gasteiger partial charge in [-0.25, -0.2) is 4.98 Å². The van der Waals surface area contributed by atoms with Crippen molar-refractivity contribution in [2.75, 3.05) is 10.6 Å². The van der Waals surface area contributed by atoms with Crippen molar-refractivity contribution >= 4 is 44.9 Å². The molecule has 3 aromatic rings. The van der Waals surface area contributed by atoms with Crippen LogP contribution in [0.15, 0.2) is 59.1 Å². The van der Waals surface area contributed by atoms with Crippen molar-refractivity contribution in [1.82, 2.24) is 9.97 Å². The molecular formula is C19H17BrN4O. The van der Waals surface area contributed by atoms with Crippen LogP contribution in [0.25, 0.3) is 0 Å². The fourth-order valence-electron chi connectivity index (χ4n) is 2.32. The maximum absolute atomic E-state index is 11.3. The Morgan fingerprint density at radius 3 is 2.40 bits per heavy atom. The maximum atomic E-state index is 11.3. The summed E-state index contributed by atoms with van der Waals surface area (Å²) in [5.74, 6) is 1.24. The molecule has 0 spiro atoms. The predicted molar refractivity (Wildman–Crippen MR) is 104 cm³/mol. The van der Waals surface area contributed by atoms with Crippen molar-refractivity contribution in [2.24, 2.45) is 0 Å². The van der Waals surface area contributed by atoms with Gasteiger partial charge in [0, 0.05) is 33.2 Å². The van der Waals surface area contributed by atoms with Gasteiger partial charge in [-0.3, -0.25) is 4.79 Å². The van der Waals surface area contributed by atoms with Gasteiger partial charge in [-0.2, -0.15) is 4.98 Å². The van der Waals surface area contributed by atoms with Crippen LogP contribution < -0.4 is 10.6 Å². The lowest BCUT2D eigenvalue weighted by Gasteiger charge is -2.10. The minimum Gasteiger partial charge on any atom is -0.340 e. The summed E-state index contributed by atoms with van der Waals surface area (Å²) >= 11 is 3.46. The number of hydrogen-bond donors (Lipinski definition) is 2. The Kier molecular flexibility index (Phi) is 5.09. The first-order valence-electron chi connectivity index (χ1n) is 7.76. The van der Waals surface area contributed by atoms with Crippen molar-refractivity contribution in [3.63, 3.8) is 0 Å². The van der Waals surface area contributed by atoms with E-state index in [4.69, 9.17) is 0 Å². The summed E-state index contributed by atoms with van der Waals surface area (Å²) in [6.45, 7) is 3.46. The number of halogens is 1. The molecule has 0 fully saturated rings. The number of aromatic nitrogens is 2. The van der Waals surface area contributed by atoms with Crippen LogP contribution in [0.2, 0.25) is 0 Å². The Balaban J connectivity index is 1.80. The van der Waals surface area contributed by atoms with E-state index in [0.717, 1.165) is 21.5 Å². The summed E-state index contributed by atoms with van der Waals surface area (Å²) in [6, 6.07) is 17.0. The van der Waals surface area contributed by atoms with Crippen LogP contribution in [0.4, 0.5) is 23.1 Å². The Bertz CT molecular complexity index is 910. The smallest absolute Gasteiger partial charge is 0.229 e. The van der Waals surface area contributed by atoms with Crippen LogP contribution in [0.1, 0.15) is 23.0 Å². The summed E-state index contributed by atoms with van der Waals surface area (Å²) in [4.78, 5) is 20.2. The van der Waals surface area contributed by atoms with Crippen molar-refractivity contribution in [1.29, 1.82) is 0 Å². The number of ketones is 1. The zero-order chi connectivity index (χ0) is 17.8. The van der Waals surface area contributed by atoms with Gasteiger partial charge in [-0.05, 0) is 56.3 Å². The largest absolute Gasteiger partial charge is 0.340 e. The minimum atomic E-state index is 0.0406. The monoisotopic (exact) mass is 396 g/mol. The SMILES string of the molecule is CC(=O)c1ccc(Nc2nc(C)cc(Nc3cccc(Br)c3)n2)cc1. The average Bonchev–Trinajstić information content (AvgIpc) is 2.54. The number of nitrogens with zero attached hydrogens (tertiary/aromatic N) is 2. The number of anilines is 4. The first-order chi connectivity index (χ1) is 12.0. The van der Waals surface area contributed by atoms with Crippen LogP contribution in [-0.2, 0) is 0 Å². The van der Waals surface area contributed by atoms with E-state index in [0.29, 0.717) is 17.3 Å². The van der Waals surface area contributed by atoms with Gasteiger partial charge in [0.05, 0.1) is 0 Å². The standard InChI is InChI=1S/C19H17BrN4O/c1-12-10-18(22-17-5-3-4-15(20)11-17)24-19(21-12)23-16-8-6-14(7-9-16)13(2)25/h3-11H,1-2H3,(H2,21,22,23,24). The van der Waals surface area contributed by atoms with Crippen molar-refractivity contribution in [2.45, 2.75) is 13.8 Å². The third-order valence-electron chi connectivity index (χ3n) is 3.50. The number of hydrogen-bond acceptors (Lipinski definition) is 5. The first kappa shape index (κ1) is 17.1. The van der Waals surface area contributed by atoms with Crippen LogP contribution in [-0.4, -0.2) is 15.8 Å². The maximum Gasteiger partial charge on any atom is 0.229 e. The van der Waals surface area contributed by atoms with E-state index in [-0.39, 0.29) is 5.78 Å². The number of nitrogens with one attached hydrogen (secondary N) is 2. The molecule has 0 radical (unpaired) electrons. The quantitative estimate of drug-likeness (QED) is 0.577. The highest BCUT2D eigenvalue weighted by molar-refractivity contribution is 9.10. The van der Waals surface area contributed by atoms with Crippen LogP contribution in [0.3, 0.4) is 0 Å². The molecule has 1 aromatic heterocycles. The zero-order valence-electron chi connectivity index (χ0n) is 13.9. The van der Waals surface area contributed by atoms with Crippen molar-refractivity contribution in [3.05, 3.63) is 70.3 Å². The van der Waals surface area contributed by atoms with Gasteiger partial charge in [-0.15, -0.1) is 0 Å². The first-order valence-corrected chi connectivity index (χ1v) is 8.55. The molecule has 126 valence electrons. The fraction of sp³-hybridized carbons (Fsp3) is 0.105. The Morgan fingerprint density at radius 1 is 0.960 bits per heavy atom. The predicted octanol–water partition coefficient (Wildman–Crippen LogP) is 5.24. The second kappa shape index (κ2) is 7.44. The molecule has 5 nitrogen and oxygen atoms in total.